The van der Waals surface area contributed by atoms with Gasteiger partial charge in [0.25, 0.3) is 0 Å². The van der Waals surface area contributed by atoms with E-state index < -0.39 is 0 Å². The summed E-state index contributed by atoms with van der Waals surface area (Å²) in [6.45, 7) is 3.63. The van der Waals surface area contributed by atoms with Gasteiger partial charge in [0.15, 0.2) is 0 Å². The molecule has 0 saturated carbocycles. The first-order valence-corrected chi connectivity index (χ1v) is 12.9. The normalized spacial score (nSPS) is 23.5. The van der Waals surface area contributed by atoms with Crippen LogP contribution in [0.1, 0.15) is 23.5 Å². The first-order chi connectivity index (χ1) is 14.2. The fraction of sp³-hybridized carbons (Fsp3) is 0.476. The lowest BCUT2D eigenvalue weighted by Gasteiger charge is -2.31. The summed E-state index contributed by atoms with van der Waals surface area (Å²) in [6.07, 6.45) is 2.80. The van der Waals surface area contributed by atoms with E-state index >= 15 is 0 Å². The maximum atomic E-state index is 14.4. The molecule has 2 atom stereocenters. The maximum absolute atomic E-state index is 14.4. The number of hydrogen-bond acceptors (Lipinski definition) is 7. The van der Waals surface area contributed by atoms with E-state index in [2.05, 4.69) is 19.7 Å². The van der Waals surface area contributed by atoms with Crippen molar-refractivity contribution in [3.05, 3.63) is 59.5 Å². The van der Waals surface area contributed by atoms with Crippen molar-refractivity contribution in [3.63, 3.8) is 0 Å². The van der Waals surface area contributed by atoms with Crippen LogP contribution in [-0.2, 0) is 6.54 Å². The molecule has 2 aliphatic rings. The Morgan fingerprint density at radius 3 is 2.83 bits per heavy atom. The van der Waals surface area contributed by atoms with Crippen molar-refractivity contribution in [3.8, 4) is 0 Å². The molecule has 0 bridgehead atoms. The molecule has 2 aliphatic heterocycles. The van der Waals surface area contributed by atoms with E-state index in [-0.39, 0.29) is 11.7 Å². The second-order valence-corrected chi connectivity index (χ2v) is 10.8. The van der Waals surface area contributed by atoms with E-state index in [1.807, 2.05) is 48.3 Å². The molecule has 2 fully saturated rings. The molecule has 0 radical (unpaired) electrons. The summed E-state index contributed by atoms with van der Waals surface area (Å²) in [5.41, 5.74) is 7.73. The predicted molar refractivity (Wildman–Crippen MR) is 124 cm³/mol. The van der Waals surface area contributed by atoms with Crippen LogP contribution in [0.15, 0.2) is 47.6 Å². The van der Waals surface area contributed by atoms with Crippen LogP contribution in [0.3, 0.4) is 0 Å². The van der Waals surface area contributed by atoms with Crippen molar-refractivity contribution in [2.45, 2.75) is 30.0 Å². The first kappa shape index (κ1) is 21.5. The molecule has 156 valence electrons. The third kappa shape index (κ3) is 5.68. The minimum atomic E-state index is -0.0811. The van der Waals surface area contributed by atoms with Crippen LogP contribution in [0.5, 0.6) is 0 Å². The lowest BCUT2D eigenvalue weighted by atomic mass is 9.96. The van der Waals surface area contributed by atoms with Crippen molar-refractivity contribution in [1.82, 2.24) is 13.6 Å². The van der Waals surface area contributed by atoms with Crippen LogP contribution in [0.25, 0.3) is 0 Å². The largest absolute Gasteiger partial charge is 0.326 e. The van der Waals surface area contributed by atoms with Gasteiger partial charge in [0.1, 0.15) is 5.82 Å². The summed E-state index contributed by atoms with van der Waals surface area (Å²) >= 11 is 5.66. The second-order valence-electron chi connectivity index (χ2n) is 7.35. The van der Waals surface area contributed by atoms with E-state index in [1.165, 1.54) is 11.5 Å². The molecule has 4 rings (SSSR count). The van der Waals surface area contributed by atoms with E-state index in [9.17, 15) is 4.39 Å². The number of nitrogens with two attached hydrogens (primary N) is 1. The monoisotopic (exact) mass is 450 g/mol. The molecule has 2 unspecified atom stereocenters. The molecule has 2 saturated heterocycles. The van der Waals surface area contributed by atoms with Gasteiger partial charge in [0.05, 0.1) is 5.03 Å². The van der Waals surface area contributed by atoms with Crippen LogP contribution in [0, 0.1) is 5.82 Å². The van der Waals surface area contributed by atoms with Crippen LogP contribution < -0.4 is 5.73 Å². The lowest BCUT2D eigenvalue weighted by Crippen LogP contribution is -2.34. The number of thioether (sulfide) groups is 2. The van der Waals surface area contributed by atoms with Crippen LogP contribution in [0.2, 0.25) is 0 Å². The molecule has 0 aliphatic carbocycles. The quantitative estimate of drug-likeness (QED) is 0.500. The zero-order valence-electron chi connectivity index (χ0n) is 16.4. The van der Waals surface area contributed by atoms with Gasteiger partial charge in [-0.2, -0.15) is 11.8 Å². The van der Waals surface area contributed by atoms with Gasteiger partial charge >= 0.3 is 0 Å². The summed E-state index contributed by atoms with van der Waals surface area (Å²) in [6, 6.07) is 11.7. The Hall–Kier alpha value is -0.770. The Balaban J connectivity index is 1.45. The second kappa shape index (κ2) is 10.5. The summed E-state index contributed by atoms with van der Waals surface area (Å²) in [4.78, 5) is 4.49. The van der Waals surface area contributed by atoms with Crippen molar-refractivity contribution < 1.29 is 4.39 Å². The van der Waals surface area contributed by atoms with Gasteiger partial charge in [0, 0.05) is 73.7 Å². The third-order valence-electron chi connectivity index (χ3n) is 5.36. The fourth-order valence-electron chi connectivity index (χ4n) is 3.78. The number of nitrogens with zero attached hydrogens (tertiary/aromatic N) is 3. The van der Waals surface area contributed by atoms with Crippen molar-refractivity contribution in [2.75, 3.05) is 36.9 Å². The topological polar surface area (TPSA) is 45.4 Å². The average molecular weight is 451 g/mol. The summed E-state index contributed by atoms with van der Waals surface area (Å²) in [5, 5.41) is 1.02. The van der Waals surface area contributed by atoms with Crippen LogP contribution in [0.4, 0.5) is 4.39 Å². The number of benzene rings is 1. The minimum absolute atomic E-state index is 0.0811. The number of hydrogen-bond donors (Lipinski definition) is 1. The summed E-state index contributed by atoms with van der Waals surface area (Å²) < 4.78 is 19.4. The molecule has 0 amide bonds. The smallest absolute Gasteiger partial charge is 0.126 e. The Bertz CT molecular complexity index is 803. The standard InChI is InChI=1S/C21H27FN4S3/c22-20-4-2-1-3-19(20)17-12-18(15-28-21-11-16(13-23)5-6-24-21)26(14-17)29-25-7-9-27-10-8-25/h1-6,11,17-18H,7-10,12-15,23H2. The highest BCUT2D eigenvalue weighted by Gasteiger charge is 2.36. The van der Waals surface area contributed by atoms with Gasteiger partial charge < -0.3 is 5.73 Å². The number of rotatable bonds is 7. The maximum Gasteiger partial charge on any atom is 0.126 e. The molecular weight excluding hydrogens is 423 g/mol. The lowest BCUT2D eigenvalue weighted by molar-refractivity contribution is 0.426. The zero-order chi connectivity index (χ0) is 20.1. The summed E-state index contributed by atoms with van der Waals surface area (Å²) in [5.74, 6) is 3.47. The average Bonchev–Trinajstić information content (AvgIpc) is 3.16. The highest BCUT2D eigenvalue weighted by Crippen LogP contribution is 2.40. The van der Waals surface area contributed by atoms with Gasteiger partial charge in [-0.15, -0.1) is 11.8 Å². The zero-order valence-corrected chi connectivity index (χ0v) is 18.8. The SMILES string of the molecule is NCc1ccnc(SCC2CC(c3ccccc3F)CN2SN2CCSCC2)c1. The Kier molecular flexibility index (Phi) is 7.77. The molecule has 8 heteroatoms. The van der Waals surface area contributed by atoms with Crippen molar-refractivity contribution in [1.29, 1.82) is 0 Å². The van der Waals surface area contributed by atoms with E-state index in [1.54, 1.807) is 23.9 Å². The molecule has 2 aromatic rings. The number of pyridine rings is 1. The Labute approximate surface area is 185 Å². The van der Waals surface area contributed by atoms with E-state index in [4.69, 9.17) is 5.73 Å². The highest BCUT2D eigenvalue weighted by molar-refractivity contribution is 8.00. The van der Waals surface area contributed by atoms with Crippen molar-refractivity contribution >= 4 is 35.7 Å². The Morgan fingerprint density at radius 2 is 2.03 bits per heavy atom. The predicted octanol–water partition coefficient (Wildman–Crippen LogP) is 4.24. The molecule has 1 aromatic carbocycles. The van der Waals surface area contributed by atoms with E-state index in [0.717, 1.165) is 48.0 Å². The van der Waals surface area contributed by atoms with Gasteiger partial charge in [-0.05, 0) is 35.7 Å². The molecule has 29 heavy (non-hydrogen) atoms. The molecule has 4 nitrogen and oxygen atoms in total. The molecule has 3 heterocycles. The van der Waals surface area contributed by atoms with E-state index in [0.29, 0.717) is 12.6 Å². The number of aromatic nitrogens is 1. The molecule has 2 N–H and O–H groups in total. The highest BCUT2D eigenvalue weighted by atomic mass is 32.2. The van der Waals surface area contributed by atoms with Gasteiger partial charge in [-0.1, -0.05) is 18.2 Å². The summed E-state index contributed by atoms with van der Waals surface area (Å²) in [7, 11) is 0. The molecule has 1 aromatic heterocycles. The van der Waals surface area contributed by atoms with Gasteiger partial charge in [0.2, 0.25) is 0 Å². The third-order valence-corrected chi connectivity index (χ3v) is 8.62. The van der Waals surface area contributed by atoms with Gasteiger partial charge in [-0.3, -0.25) is 0 Å². The minimum Gasteiger partial charge on any atom is -0.326 e. The van der Waals surface area contributed by atoms with Crippen LogP contribution >= 0.6 is 35.7 Å². The Morgan fingerprint density at radius 1 is 1.21 bits per heavy atom. The fourth-order valence-corrected chi connectivity index (χ4v) is 7.24. The first-order valence-electron chi connectivity index (χ1n) is 10.0. The molecule has 0 spiro atoms. The van der Waals surface area contributed by atoms with Gasteiger partial charge in [-0.25, -0.2) is 18.0 Å². The molecular formula is C21H27FN4S3. The van der Waals surface area contributed by atoms with Crippen LogP contribution in [-0.4, -0.2) is 56.5 Å². The van der Waals surface area contributed by atoms with Crippen molar-refractivity contribution in [2.24, 2.45) is 5.73 Å². The number of halogens is 1.